The predicted octanol–water partition coefficient (Wildman–Crippen LogP) is 2.70. The molecule has 2 aliphatic rings. The number of halogens is 1. The number of hydrogen-bond donors (Lipinski definition) is 2. The fourth-order valence-electron chi connectivity index (χ4n) is 3.24. The molecule has 0 aromatic heterocycles. The first kappa shape index (κ1) is 20.5. The molecular weight excluding hydrogens is 429 g/mol. The highest BCUT2D eigenvalue weighted by molar-refractivity contribution is 14.0. The van der Waals surface area contributed by atoms with E-state index >= 15 is 0 Å². The summed E-state index contributed by atoms with van der Waals surface area (Å²) in [5.74, 6) is 1.48. The number of ether oxygens (including phenoxy) is 2. The van der Waals surface area contributed by atoms with Gasteiger partial charge >= 0.3 is 0 Å². The van der Waals surface area contributed by atoms with Crippen LogP contribution in [0.2, 0.25) is 0 Å². The molecule has 3 rings (SSSR count). The zero-order chi connectivity index (χ0) is 16.6. The van der Waals surface area contributed by atoms with Gasteiger partial charge in [0.05, 0.1) is 12.7 Å². The van der Waals surface area contributed by atoms with Crippen LogP contribution < -0.4 is 10.6 Å². The van der Waals surface area contributed by atoms with Crippen LogP contribution in [0.1, 0.15) is 36.8 Å². The number of aliphatic imine (C=N–C) groups is 1. The molecular formula is C19H30IN3O2. The van der Waals surface area contributed by atoms with Crippen molar-refractivity contribution < 1.29 is 9.47 Å². The molecule has 2 unspecified atom stereocenters. The Morgan fingerprint density at radius 3 is 2.96 bits per heavy atom. The molecule has 6 heteroatoms. The van der Waals surface area contributed by atoms with Crippen LogP contribution in [0.25, 0.3) is 0 Å². The lowest BCUT2D eigenvalue weighted by Crippen LogP contribution is -2.38. The number of fused-ring (bicyclic) bond motifs is 1. The summed E-state index contributed by atoms with van der Waals surface area (Å²) in [4.78, 5) is 4.74. The molecule has 1 aliphatic heterocycles. The molecule has 1 aliphatic carbocycles. The fraction of sp³-hybridized carbons (Fsp3) is 0.632. The first-order valence-electron chi connectivity index (χ1n) is 9.16. The summed E-state index contributed by atoms with van der Waals surface area (Å²) in [6.07, 6.45) is 3.45. The van der Waals surface area contributed by atoms with E-state index < -0.39 is 0 Å². The lowest BCUT2D eigenvalue weighted by atomic mass is 9.78. The lowest BCUT2D eigenvalue weighted by molar-refractivity contribution is 0.0420. The summed E-state index contributed by atoms with van der Waals surface area (Å²) >= 11 is 0. The van der Waals surface area contributed by atoms with Gasteiger partial charge in [0.2, 0.25) is 0 Å². The van der Waals surface area contributed by atoms with Gasteiger partial charge in [-0.05, 0) is 37.3 Å². The molecule has 1 saturated heterocycles. The van der Waals surface area contributed by atoms with Crippen LogP contribution in [0, 0.1) is 0 Å². The summed E-state index contributed by atoms with van der Waals surface area (Å²) < 4.78 is 11.1. The van der Waals surface area contributed by atoms with Crippen LogP contribution >= 0.6 is 24.0 Å². The third kappa shape index (κ3) is 6.11. The number of rotatable bonds is 8. The maximum atomic E-state index is 5.78. The number of hydrogen-bond acceptors (Lipinski definition) is 3. The van der Waals surface area contributed by atoms with Crippen molar-refractivity contribution in [2.75, 3.05) is 39.5 Å². The first-order chi connectivity index (χ1) is 11.9. The van der Waals surface area contributed by atoms with Crippen molar-refractivity contribution in [1.82, 2.24) is 10.6 Å². The van der Waals surface area contributed by atoms with E-state index in [1.165, 1.54) is 11.1 Å². The largest absolute Gasteiger partial charge is 0.379 e. The van der Waals surface area contributed by atoms with E-state index in [0.29, 0.717) is 12.0 Å². The van der Waals surface area contributed by atoms with E-state index in [1.54, 1.807) is 0 Å². The average molecular weight is 459 g/mol. The molecule has 0 spiro atoms. The van der Waals surface area contributed by atoms with Crippen molar-refractivity contribution in [2.24, 2.45) is 4.99 Å². The Labute approximate surface area is 168 Å². The minimum absolute atomic E-state index is 0. The van der Waals surface area contributed by atoms with E-state index in [1.807, 2.05) is 0 Å². The van der Waals surface area contributed by atoms with Crippen molar-refractivity contribution >= 4 is 29.9 Å². The van der Waals surface area contributed by atoms with E-state index in [0.717, 1.165) is 64.7 Å². The number of benzene rings is 1. The van der Waals surface area contributed by atoms with E-state index in [-0.39, 0.29) is 24.0 Å². The molecule has 5 nitrogen and oxygen atoms in total. The first-order valence-corrected chi connectivity index (χ1v) is 9.16. The molecule has 0 saturated carbocycles. The van der Waals surface area contributed by atoms with Gasteiger partial charge in [-0.25, -0.2) is 0 Å². The molecule has 0 amide bonds. The van der Waals surface area contributed by atoms with E-state index in [2.05, 4.69) is 41.8 Å². The Bertz CT molecular complexity index is 547. The Balaban J connectivity index is 0.00000225. The zero-order valence-electron chi connectivity index (χ0n) is 15.0. The van der Waals surface area contributed by atoms with Gasteiger partial charge in [0.25, 0.3) is 0 Å². The van der Waals surface area contributed by atoms with Gasteiger partial charge in [0.15, 0.2) is 5.96 Å². The van der Waals surface area contributed by atoms with Gasteiger partial charge in [-0.3, -0.25) is 4.99 Å². The fourth-order valence-corrected chi connectivity index (χ4v) is 3.24. The highest BCUT2D eigenvalue weighted by Crippen LogP contribution is 2.34. The summed E-state index contributed by atoms with van der Waals surface area (Å²) in [6, 6.07) is 8.68. The van der Waals surface area contributed by atoms with Gasteiger partial charge in [-0.1, -0.05) is 24.3 Å². The Morgan fingerprint density at radius 2 is 2.20 bits per heavy atom. The van der Waals surface area contributed by atoms with Crippen molar-refractivity contribution in [3.63, 3.8) is 0 Å². The summed E-state index contributed by atoms with van der Waals surface area (Å²) in [5.41, 5.74) is 2.94. The maximum absolute atomic E-state index is 5.78. The van der Waals surface area contributed by atoms with Gasteiger partial charge in [0, 0.05) is 38.8 Å². The Morgan fingerprint density at radius 1 is 1.32 bits per heavy atom. The molecule has 140 valence electrons. The van der Waals surface area contributed by atoms with E-state index in [9.17, 15) is 0 Å². The molecule has 1 fully saturated rings. The summed E-state index contributed by atoms with van der Waals surface area (Å²) in [7, 11) is 0. The van der Waals surface area contributed by atoms with Gasteiger partial charge < -0.3 is 20.1 Å². The molecule has 0 bridgehead atoms. The van der Waals surface area contributed by atoms with Crippen molar-refractivity contribution in [1.29, 1.82) is 0 Å². The topological polar surface area (TPSA) is 54.9 Å². The van der Waals surface area contributed by atoms with Crippen LogP contribution in [0.3, 0.4) is 0 Å². The van der Waals surface area contributed by atoms with Crippen LogP contribution in [-0.4, -0.2) is 51.5 Å². The third-order valence-corrected chi connectivity index (χ3v) is 4.63. The Hall–Kier alpha value is -0.860. The Kier molecular flexibility index (Phi) is 8.98. The van der Waals surface area contributed by atoms with Gasteiger partial charge in [-0.15, -0.1) is 24.0 Å². The molecule has 1 aromatic carbocycles. The normalized spacial score (nSPS) is 21.9. The standard InChI is InChI=1S/C19H29N3O2.HI/c1-2-20-19(21-9-5-10-24-17-8-11-23-14-17)22-13-16-12-15-6-3-4-7-18(15)16;/h3-4,6-7,16-17H,2,5,8-14H2,1H3,(H2,20,21,22);1H. The molecule has 2 atom stereocenters. The van der Waals surface area contributed by atoms with Crippen LogP contribution in [0.5, 0.6) is 0 Å². The number of guanidine groups is 1. The number of nitrogens with one attached hydrogen (secondary N) is 2. The van der Waals surface area contributed by atoms with Gasteiger partial charge in [0.1, 0.15) is 0 Å². The third-order valence-electron chi connectivity index (χ3n) is 4.63. The average Bonchev–Trinajstić information content (AvgIpc) is 3.08. The van der Waals surface area contributed by atoms with Crippen molar-refractivity contribution in [3.8, 4) is 0 Å². The molecule has 25 heavy (non-hydrogen) atoms. The maximum Gasteiger partial charge on any atom is 0.191 e. The van der Waals surface area contributed by atoms with Crippen LogP contribution in [0.15, 0.2) is 29.3 Å². The predicted molar refractivity (Wildman–Crippen MR) is 112 cm³/mol. The monoisotopic (exact) mass is 459 g/mol. The quantitative estimate of drug-likeness (QED) is 0.272. The molecule has 0 radical (unpaired) electrons. The second-order valence-corrected chi connectivity index (χ2v) is 6.46. The number of nitrogens with zero attached hydrogens (tertiary/aromatic N) is 1. The molecule has 2 N–H and O–H groups in total. The SMILES string of the molecule is CCNC(=NCC1Cc2ccccc21)NCCCOC1CCOC1.I. The summed E-state index contributed by atoms with van der Waals surface area (Å²) in [6.45, 7) is 7.06. The lowest BCUT2D eigenvalue weighted by Gasteiger charge is -2.28. The highest BCUT2D eigenvalue weighted by atomic mass is 127. The molecule has 1 aromatic rings. The van der Waals surface area contributed by atoms with E-state index in [4.69, 9.17) is 14.5 Å². The second kappa shape index (κ2) is 11.0. The molecule has 1 heterocycles. The smallest absolute Gasteiger partial charge is 0.191 e. The van der Waals surface area contributed by atoms with Crippen LogP contribution in [-0.2, 0) is 15.9 Å². The second-order valence-electron chi connectivity index (χ2n) is 6.46. The zero-order valence-corrected chi connectivity index (χ0v) is 17.3. The minimum atomic E-state index is 0. The van der Waals surface area contributed by atoms with Crippen molar-refractivity contribution in [3.05, 3.63) is 35.4 Å². The van der Waals surface area contributed by atoms with Crippen LogP contribution in [0.4, 0.5) is 0 Å². The summed E-state index contributed by atoms with van der Waals surface area (Å²) in [5, 5.41) is 6.72. The van der Waals surface area contributed by atoms with Crippen molar-refractivity contribution in [2.45, 2.75) is 38.2 Å². The minimum Gasteiger partial charge on any atom is -0.379 e. The highest BCUT2D eigenvalue weighted by Gasteiger charge is 2.24. The van der Waals surface area contributed by atoms with Gasteiger partial charge in [-0.2, -0.15) is 0 Å².